The monoisotopic (exact) mass is 563 g/mol. The van der Waals surface area contributed by atoms with Gasteiger partial charge in [-0.3, -0.25) is 0 Å². The summed E-state index contributed by atoms with van der Waals surface area (Å²) in [6.45, 7) is 6.01. The average Bonchev–Trinajstić information content (AvgIpc) is 3.22. The van der Waals surface area contributed by atoms with E-state index in [0.717, 1.165) is 38.6 Å². The fraction of sp³-hybridized carbons (Fsp3) is 0.286. The van der Waals surface area contributed by atoms with Gasteiger partial charge in [-0.1, -0.05) is 0 Å². The number of aromatic nitrogens is 3. The van der Waals surface area contributed by atoms with Crippen molar-refractivity contribution in [2.45, 2.75) is 33.2 Å². The molecule has 2 radical (unpaired) electrons. The average molecular weight is 564 g/mol. The summed E-state index contributed by atoms with van der Waals surface area (Å²) in [6.07, 6.45) is 0.790. The van der Waals surface area contributed by atoms with Crippen molar-refractivity contribution in [2.75, 3.05) is 0 Å². The molecule has 0 bridgehead atoms. The second-order valence-electron chi connectivity index (χ2n) is 7.26. The molecule has 3 aromatic rings. The fourth-order valence-electron chi connectivity index (χ4n) is 3.75. The van der Waals surface area contributed by atoms with Gasteiger partial charge in [-0.15, -0.1) is 0 Å². The third kappa shape index (κ3) is 3.91. The van der Waals surface area contributed by atoms with Gasteiger partial charge in [-0.25, -0.2) is 0 Å². The van der Waals surface area contributed by atoms with Crippen molar-refractivity contribution in [3.8, 4) is 5.00 Å². The summed E-state index contributed by atoms with van der Waals surface area (Å²) in [6, 6.07) is 6.81. The molecule has 2 unspecified atom stereocenters. The number of fused-ring (bicyclic) bond motifs is 3. The molecule has 0 N–H and O–H groups in total. The first-order valence-electron chi connectivity index (χ1n) is 9.54. The number of rotatable bonds is 6. The molecule has 0 saturated carbocycles. The first-order chi connectivity index (χ1) is 14.9. The number of carbonyl (C=O) groups is 2. The predicted molar refractivity (Wildman–Crippen MR) is 118 cm³/mol. The van der Waals surface area contributed by atoms with Crippen LogP contribution >= 0.6 is 22.9 Å². The number of halogens is 2. The molecule has 0 aliphatic carbocycles. The minimum absolute atomic E-state index is 0.0371. The summed E-state index contributed by atoms with van der Waals surface area (Å²) >= 11 is 6.56. The van der Waals surface area contributed by atoms with Gasteiger partial charge >= 0.3 is 201 Å². The maximum absolute atomic E-state index is 12.8. The van der Waals surface area contributed by atoms with E-state index in [9.17, 15) is 9.59 Å². The number of hydrogen-bond acceptors (Lipinski definition) is 6. The number of hydrogen-bond donors (Lipinski definition) is 0. The predicted octanol–water partition coefficient (Wildman–Crippen LogP) is 0.704. The van der Waals surface area contributed by atoms with Crippen LogP contribution in [0.3, 0.4) is 0 Å². The van der Waals surface area contributed by atoms with E-state index in [2.05, 4.69) is 24.0 Å². The third-order valence-electron chi connectivity index (χ3n) is 5.44. The molecule has 1 aromatic carbocycles. The molecule has 2 atom stereocenters. The molecule has 158 valence electrons. The Morgan fingerprint density at radius 2 is 2.00 bits per heavy atom. The zero-order valence-corrected chi connectivity index (χ0v) is 20.8. The molecular formula is C21H18BClIN4O2S-. The van der Waals surface area contributed by atoms with Crippen LogP contribution in [0.1, 0.15) is 45.7 Å². The van der Waals surface area contributed by atoms with Gasteiger partial charge in [0.15, 0.2) is 0 Å². The quantitative estimate of drug-likeness (QED) is 0.192. The Balaban J connectivity index is 2.05. The summed E-state index contributed by atoms with van der Waals surface area (Å²) in [5.41, 5.74) is 9.51. The number of thiophene rings is 1. The van der Waals surface area contributed by atoms with E-state index >= 15 is 0 Å². The van der Waals surface area contributed by atoms with Crippen LogP contribution in [0.2, 0.25) is 5.02 Å². The molecular weight excluding hydrogens is 545 g/mol. The Bertz CT molecular complexity index is 1200. The molecule has 2 aromatic heterocycles. The van der Waals surface area contributed by atoms with Gasteiger partial charge in [0.25, 0.3) is 0 Å². The zero-order valence-electron chi connectivity index (χ0n) is 17.1. The topological polar surface area (TPSA) is 77.2 Å². The van der Waals surface area contributed by atoms with E-state index in [1.165, 1.54) is 0 Å². The van der Waals surface area contributed by atoms with E-state index in [-0.39, 0.29) is 10.2 Å². The second kappa shape index (κ2) is 8.95. The van der Waals surface area contributed by atoms with Gasteiger partial charge in [0.1, 0.15) is 0 Å². The van der Waals surface area contributed by atoms with Gasteiger partial charge in [-0.2, -0.15) is 0 Å². The van der Waals surface area contributed by atoms with E-state index in [0.29, 0.717) is 16.7 Å². The van der Waals surface area contributed by atoms with Crippen LogP contribution in [-0.4, -0.2) is 36.3 Å². The van der Waals surface area contributed by atoms with Crippen LogP contribution in [0.15, 0.2) is 29.3 Å². The first kappa shape index (κ1) is 22.4. The summed E-state index contributed by atoms with van der Waals surface area (Å²) in [5, 5.41) is 10.3. The number of carbonyl (C=O) groups excluding carboxylic acids is 2. The van der Waals surface area contributed by atoms with Crippen LogP contribution in [0.5, 0.6) is 0 Å². The van der Waals surface area contributed by atoms with Crippen LogP contribution < -0.4 is 21.0 Å². The molecule has 4 rings (SSSR count). The Kier molecular flexibility index (Phi) is 6.46. The Morgan fingerprint density at radius 1 is 1.29 bits per heavy atom. The van der Waals surface area contributed by atoms with Crippen LogP contribution in [0.4, 0.5) is 0 Å². The normalized spacial score (nSPS) is 16.3. The molecule has 1 aliphatic rings. The Labute approximate surface area is 200 Å². The van der Waals surface area contributed by atoms with Gasteiger partial charge in [0.2, 0.25) is 0 Å². The van der Waals surface area contributed by atoms with Gasteiger partial charge in [0, 0.05) is 0 Å². The molecule has 0 fully saturated rings. The number of benzene rings is 1. The fourth-order valence-corrected chi connectivity index (χ4v) is 6.15. The van der Waals surface area contributed by atoms with Crippen molar-refractivity contribution in [2.24, 2.45) is 10.9 Å². The summed E-state index contributed by atoms with van der Waals surface area (Å²) in [4.78, 5) is 30.5. The van der Waals surface area contributed by atoms with Crippen molar-refractivity contribution in [3.63, 3.8) is 0 Å². The van der Waals surface area contributed by atoms with Crippen molar-refractivity contribution in [3.05, 3.63) is 62.5 Å². The van der Waals surface area contributed by atoms with E-state index in [1.807, 2.05) is 35.8 Å². The molecule has 0 amide bonds. The van der Waals surface area contributed by atoms with E-state index in [1.54, 1.807) is 11.3 Å². The maximum atomic E-state index is 12.8. The van der Waals surface area contributed by atoms with Crippen molar-refractivity contribution >= 4 is 44.4 Å². The molecule has 10 heteroatoms. The third-order valence-corrected chi connectivity index (χ3v) is 8.30. The molecule has 0 spiro atoms. The summed E-state index contributed by atoms with van der Waals surface area (Å²) < 4.78 is 1.84. The molecule has 6 nitrogen and oxygen atoms in total. The van der Waals surface area contributed by atoms with Crippen molar-refractivity contribution in [1.29, 1.82) is 0 Å². The van der Waals surface area contributed by atoms with Gasteiger partial charge in [-0.05, 0) is 0 Å². The van der Waals surface area contributed by atoms with Crippen LogP contribution in [-0.2, 0) is 9.59 Å². The molecule has 0 saturated heterocycles. The van der Waals surface area contributed by atoms with E-state index in [4.69, 9.17) is 22.3 Å². The number of aldehydes is 1. The summed E-state index contributed by atoms with van der Waals surface area (Å²) in [5.74, 6) is 0.590. The molecule has 3 heterocycles. The first-order valence-corrected chi connectivity index (χ1v) is 13.1. The Hall–Kier alpha value is -1.85. The molecule has 1 aliphatic heterocycles. The Morgan fingerprint density at radius 3 is 2.65 bits per heavy atom. The van der Waals surface area contributed by atoms with Gasteiger partial charge in [0.05, 0.1) is 0 Å². The molecule has 31 heavy (non-hydrogen) atoms. The standard InChI is InChI=1S/C21H18BClIN4O2S/c1-10-11(2)31-21-16(10)17(13-4-6-14(23)7-5-13)25-18(15(8-9-29)19(30)24-22)20-27-26-12(3)28(20)21/h4-7,9,15,18H,8H2,1-3H3/q-1. The van der Waals surface area contributed by atoms with Crippen LogP contribution in [0, 0.1) is 26.7 Å². The second-order valence-corrected chi connectivity index (χ2v) is 10.6. The van der Waals surface area contributed by atoms with Crippen molar-refractivity contribution in [1.82, 2.24) is 14.8 Å². The number of nitrogens with zero attached hydrogens (tertiary/aromatic N) is 4. The zero-order chi connectivity index (χ0) is 22.3. The van der Waals surface area contributed by atoms with Crippen molar-refractivity contribution < 1.29 is 30.6 Å². The van der Waals surface area contributed by atoms with E-state index < -0.39 is 32.9 Å². The minimum atomic E-state index is -1.20. The van der Waals surface area contributed by atoms with Gasteiger partial charge < -0.3 is 0 Å². The summed E-state index contributed by atoms with van der Waals surface area (Å²) in [7, 11) is 0. The van der Waals surface area contributed by atoms with Crippen LogP contribution in [0.25, 0.3) is 5.00 Å². The number of aliphatic imine (C=N–C) groups is 1. The SMILES string of the molecule is [B][I-]C(=O)C(CC=O)C1N=C(c2ccc(Cl)cc2)c2c(sc(C)c2C)-n2c(C)nnc21. The number of aryl methyl sites for hydroxylation is 2.